The highest BCUT2D eigenvalue weighted by molar-refractivity contribution is 5.48. The molecular weight excluding hydrogens is 236 g/mol. The van der Waals surface area contributed by atoms with E-state index < -0.39 is 0 Å². The van der Waals surface area contributed by atoms with E-state index in [1.54, 1.807) is 0 Å². The first-order valence-corrected chi connectivity index (χ1v) is 7.53. The van der Waals surface area contributed by atoms with E-state index in [4.69, 9.17) is 10.7 Å². The number of hydrogen-bond acceptors (Lipinski definition) is 4. The van der Waals surface area contributed by atoms with Crippen LogP contribution >= 0.6 is 0 Å². The molecule has 0 unspecified atom stereocenters. The minimum absolute atomic E-state index is 0.380. The summed E-state index contributed by atoms with van der Waals surface area (Å²) in [6.45, 7) is 5.71. The third-order valence-corrected chi connectivity index (χ3v) is 3.80. The highest BCUT2D eigenvalue weighted by Crippen LogP contribution is 2.35. The van der Waals surface area contributed by atoms with Gasteiger partial charge in [0.05, 0.1) is 17.6 Å². The predicted octanol–water partition coefficient (Wildman–Crippen LogP) is 3.02. The molecule has 19 heavy (non-hydrogen) atoms. The van der Waals surface area contributed by atoms with Gasteiger partial charge < -0.3 is 11.1 Å². The van der Waals surface area contributed by atoms with Crippen LogP contribution in [-0.2, 0) is 0 Å². The van der Waals surface area contributed by atoms with Gasteiger partial charge in [0.25, 0.3) is 0 Å². The second kappa shape index (κ2) is 6.85. The molecule has 1 fully saturated rings. The first-order chi connectivity index (χ1) is 9.22. The number of nitrogens with one attached hydrogen (secondary N) is 1. The van der Waals surface area contributed by atoms with Crippen molar-refractivity contribution in [1.82, 2.24) is 9.97 Å². The van der Waals surface area contributed by atoms with Crippen LogP contribution < -0.4 is 11.1 Å². The van der Waals surface area contributed by atoms with Gasteiger partial charge in [-0.1, -0.05) is 33.1 Å². The van der Waals surface area contributed by atoms with Crippen LogP contribution in [0.3, 0.4) is 0 Å². The second-order valence-corrected chi connectivity index (χ2v) is 5.73. The van der Waals surface area contributed by atoms with Crippen LogP contribution in [0.25, 0.3) is 0 Å². The molecule has 4 heteroatoms. The van der Waals surface area contributed by atoms with Crippen LogP contribution in [0, 0.1) is 0 Å². The fourth-order valence-electron chi connectivity index (χ4n) is 2.72. The number of nitrogens with zero attached hydrogens (tertiary/aromatic N) is 2. The molecule has 0 aliphatic heterocycles. The van der Waals surface area contributed by atoms with Crippen molar-refractivity contribution in [3.8, 4) is 0 Å². The molecule has 4 nitrogen and oxygen atoms in total. The minimum atomic E-state index is 0.380. The summed E-state index contributed by atoms with van der Waals surface area (Å²) in [5.74, 6) is 1.93. The zero-order valence-electron chi connectivity index (χ0n) is 12.2. The molecule has 0 radical (unpaired) electrons. The maximum absolute atomic E-state index is 5.58. The predicted molar refractivity (Wildman–Crippen MR) is 79.5 cm³/mol. The summed E-state index contributed by atoms with van der Waals surface area (Å²) in [6, 6.07) is 0. The number of nitrogens with two attached hydrogens (primary N) is 1. The van der Waals surface area contributed by atoms with Gasteiger partial charge in [-0.15, -0.1) is 0 Å². The van der Waals surface area contributed by atoms with Crippen molar-refractivity contribution in [3.05, 3.63) is 17.7 Å². The number of rotatable bonds is 5. The van der Waals surface area contributed by atoms with Crippen molar-refractivity contribution in [2.75, 3.05) is 18.4 Å². The van der Waals surface area contributed by atoms with Crippen LogP contribution in [0.5, 0.6) is 0 Å². The van der Waals surface area contributed by atoms with Crippen molar-refractivity contribution in [3.63, 3.8) is 0 Å². The van der Waals surface area contributed by atoms with Gasteiger partial charge in [-0.05, 0) is 12.8 Å². The Hall–Kier alpha value is -1.16. The molecule has 0 spiro atoms. The Morgan fingerprint density at radius 2 is 2.05 bits per heavy atom. The van der Waals surface area contributed by atoms with E-state index >= 15 is 0 Å². The largest absolute Gasteiger partial charge is 0.381 e. The Kier molecular flexibility index (Phi) is 5.14. The van der Waals surface area contributed by atoms with Gasteiger partial charge in [-0.25, -0.2) is 9.97 Å². The standard InChI is InChI=1S/C15H26N4/c1-11(2)15-18-10-13(17-9-8-16)14(19-15)12-6-4-3-5-7-12/h10-12,17H,3-9,16H2,1-2H3. The Bertz CT molecular complexity index is 397. The summed E-state index contributed by atoms with van der Waals surface area (Å²) >= 11 is 0. The quantitative estimate of drug-likeness (QED) is 0.856. The van der Waals surface area contributed by atoms with E-state index in [9.17, 15) is 0 Å². The third-order valence-electron chi connectivity index (χ3n) is 3.80. The van der Waals surface area contributed by atoms with Crippen molar-refractivity contribution in [1.29, 1.82) is 0 Å². The Morgan fingerprint density at radius 1 is 1.32 bits per heavy atom. The SMILES string of the molecule is CC(C)c1ncc(NCCN)c(C2CCCCC2)n1. The van der Waals surface area contributed by atoms with Gasteiger partial charge in [0.2, 0.25) is 0 Å². The fourth-order valence-corrected chi connectivity index (χ4v) is 2.72. The average molecular weight is 262 g/mol. The molecular formula is C15H26N4. The second-order valence-electron chi connectivity index (χ2n) is 5.73. The summed E-state index contributed by atoms with van der Waals surface area (Å²) in [5, 5.41) is 3.38. The monoisotopic (exact) mass is 262 g/mol. The van der Waals surface area contributed by atoms with Gasteiger partial charge >= 0.3 is 0 Å². The summed E-state index contributed by atoms with van der Waals surface area (Å²) < 4.78 is 0. The Morgan fingerprint density at radius 3 is 2.68 bits per heavy atom. The van der Waals surface area contributed by atoms with E-state index in [0.717, 1.165) is 18.1 Å². The number of aromatic nitrogens is 2. The highest BCUT2D eigenvalue weighted by Gasteiger charge is 2.21. The van der Waals surface area contributed by atoms with Crippen LogP contribution in [0.15, 0.2) is 6.20 Å². The minimum Gasteiger partial charge on any atom is -0.381 e. The van der Waals surface area contributed by atoms with Gasteiger partial charge in [0, 0.05) is 24.9 Å². The van der Waals surface area contributed by atoms with E-state index in [1.165, 1.54) is 37.8 Å². The lowest BCUT2D eigenvalue weighted by Gasteiger charge is -2.24. The molecule has 106 valence electrons. The van der Waals surface area contributed by atoms with Gasteiger partial charge in [-0.2, -0.15) is 0 Å². The molecule has 0 bridgehead atoms. The van der Waals surface area contributed by atoms with Crippen molar-refractivity contribution in [2.24, 2.45) is 5.73 Å². The molecule has 0 saturated heterocycles. The smallest absolute Gasteiger partial charge is 0.131 e. The molecule has 1 aliphatic rings. The van der Waals surface area contributed by atoms with Crippen LogP contribution in [0.2, 0.25) is 0 Å². The van der Waals surface area contributed by atoms with Crippen LogP contribution in [0.4, 0.5) is 5.69 Å². The van der Waals surface area contributed by atoms with Crippen LogP contribution in [0.1, 0.15) is 69.3 Å². The van der Waals surface area contributed by atoms with Gasteiger partial charge in [-0.3, -0.25) is 0 Å². The lowest BCUT2D eigenvalue weighted by molar-refractivity contribution is 0.435. The summed E-state index contributed by atoms with van der Waals surface area (Å²) in [7, 11) is 0. The normalized spacial score (nSPS) is 16.8. The zero-order valence-corrected chi connectivity index (χ0v) is 12.2. The third kappa shape index (κ3) is 3.66. The van der Waals surface area contributed by atoms with Gasteiger partial charge in [0.1, 0.15) is 5.82 Å². The first kappa shape index (κ1) is 14.3. The Labute approximate surface area is 116 Å². The van der Waals surface area contributed by atoms with Crippen molar-refractivity contribution < 1.29 is 0 Å². The molecule has 1 saturated carbocycles. The summed E-state index contributed by atoms with van der Waals surface area (Å²) in [6.07, 6.45) is 8.47. The maximum Gasteiger partial charge on any atom is 0.131 e. The molecule has 3 N–H and O–H groups in total. The maximum atomic E-state index is 5.58. The zero-order chi connectivity index (χ0) is 13.7. The summed E-state index contributed by atoms with van der Waals surface area (Å²) in [5.41, 5.74) is 7.88. The molecule has 1 aliphatic carbocycles. The van der Waals surface area contributed by atoms with Crippen molar-refractivity contribution in [2.45, 2.75) is 57.8 Å². The molecule has 1 aromatic rings. The van der Waals surface area contributed by atoms with E-state index in [0.29, 0.717) is 18.4 Å². The molecule has 0 atom stereocenters. The lowest BCUT2D eigenvalue weighted by atomic mass is 9.86. The molecule has 0 aromatic carbocycles. The number of hydrogen-bond donors (Lipinski definition) is 2. The Balaban J connectivity index is 2.25. The van der Waals surface area contributed by atoms with Gasteiger partial charge in [0.15, 0.2) is 0 Å². The van der Waals surface area contributed by atoms with E-state index in [2.05, 4.69) is 24.1 Å². The fraction of sp³-hybridized carbons (Fsp3) is 0.733. The number of anilines is 1. The van der Waals surface area contributed by atoms with E-state index in [1.807, 2.05) is 6.20 Å². The topological polar surface area (TPSA) is 63.8 Å². The van der Waals surface area contributed by atoms with Crippen molar-refractivity contribution >= 4 is 5.69 Å². The molecule has 0 amide bonds. The average Bonchev–Trinajstić information content (AvgIpc) is 2.45. The highest BCUT2D eigenvalue weighted by atomic mass is 15.0. The molecule has 1 aromatic heterocycles. The molecule has 2 rings (SSSR count). The molecule has 1 heterocycles. The van der Waals surface area contributed by atoms with E-state index in [-0.39, 0.29) is 0 Å². The lowest BCUT2D eigenvalue weighted by Crippen LogP contribution is -2.18. The van der Waals surface area contributed by atoms with Crippen LogP contribution in [-0.4, -0.2) is 23.1 Å². The first-order valence-electron chi connectivity index (χ1n) is 7.53. The summed E-state index contributed by atoms with van der Waals surface area (Å²) in [4.78, 5) is 9.31.